The van der Waals surface area contributed by atoms with Gasteiger partial charge in [-0.15, -0.1) is 0 Å². The highest BCUT2D eigenvalue weighted by atomic mass is 16.5. The summed E-state index contributed by atoms with van der Waals surface area (Å²) in [5, 5.41) is 9.57. The smallest absolute Gasteiger partial charge is 0.167 e. The van der Waals surface area contributed by atoms with Crippen LogP contribution in [0.1, 0.15) is 17.5 Å². The fraction of sp³-hybridized carbons (Fsp3) is 0.182. The Morgan fingerprint density at radius 3 is 2.21 bits per heavy atom. The van der Waals surface area contributed by atoms with Crippen molar-refractivity contribution < 1.29 is 28.9 Å². The van der Waals surface area contributed by atoms with Crippen LogP contribution < -0.4 is 14.2 Å². The van der Waals surface area contributed by atoms with Gasteiger partial charge in [-0.25, -0.2) is 0 Å². The molecule has 0 heterocycles. The largest absolute Gasteiger partial charge is 0.504 e. The predicted molar refractivity (Wildman–Crippen MR) is 107 cm³/mol. The summed E-state index contributed by atoms with van der Waals surface area (Å²) in [7, 11) is 4.49. The highest BCUT2D eigenvalue weighted by Crippen LogP contribution is 2.31. The molecule has 0 amide bonds. The van der Waals surface area contributed by atoms with E-state index in [1.807, 2.05) is 0 Å². The molecule has 0 unspecified atom stereocenters. The molecule has 0 aromatic heterocycles. The number of carbonyl (C=O) groups excluding carboxylic acids is 2. The lowest BCUT2D eigenvalue weighted by atomic mass is 10.1. The lowest BCUT2D eigenvalue weighted by molar-refractivity contribution is -0.121. The number of ketones is 2. The monoisotopic (exact) mass is 382 g/mol. The van der Waals surface area contributed by atoms with Gasteiger partial charge in [0.25, 0.3) is 0 Å². The van der Waals surface area contributed by atoms with Gasteiger partial charge in [0, 0.05) is 5.56 Å². The highest BCUT2D eigenvalue weighted by Gasteiger charge is 2.08. The second kappa shape index (κ2) is 9.97. The number of methoxy groups -OCH3 is 3. The van der Waals surface area contributed by atoms with Gasteiger partial charge >= 0.3 is 0 Å². The third-order valence-electron chi connectivity index (χ3n) is 3.90. The molecule has 28 heavy (non-hydrogen) atoms. The van der Waals surface area contributed by atoms with Crippen LogP contribution in [0.25, 0.3) is 12.2 Å². The zero-order valence-electron chi connectivity index (χ0n) is 16.0. The van der Waals surface area contributed by atoms with E-state index in [1.165, 1.54) is 39.5 Å². The van der Waals surface area contributed by atoms with Gasteiger partial charge in [0.05, 0.1) is 27.8 Å². The van der Waals surface area contributed by atoms with Crippen molar-refractivity contribution in [3.05, 3.63) is 59.7 Å². The van der Waals surface area contributed by atoms with Crippen LogP contribution in [0.3, 0.4) is 0 Å². The van der Waals surface area contributed by atoms with Gasteiger partial charge in [-0.2, -0.15) is 0 Å². The number of para-hydroxylation sites is 1. The fourth-order valence-electron chi connectivity index (χ4n) is 2.50. The van der Waals surface area contributed by atoms with E-state index in [9.17, 15) is 14.7 Å². The van der Waals surface area contributed by atoms with Crippen LogP contribution in [-0.2, 0) is 9.59 Å². The summed E-state index contributed by atoms with van der Waals surface area (Å²) in [5.41, 5.74) is 1.35. The number of ether oxygens (including phenoxy) is 3. The average molecular weight is 382 g/mol. The van der Waals surface area contributed by atoms with Crippen molar-refractivity contribution in [2.75, 3.05) is 21.3 Å². The zero-order chi connectivity index (χ0) is 20.5. The van der Waals surface area contributed by atoms with Gasteiger partial charge in [-0.05, 0) is 42.0 Å². The normalized spacial score (nSPS) is 11.0. The van der Waals surface area contributed by atoms with Crippen molar-refractivity contribution in [1.82, 2.24) is 0 Å². The quantitative estimate of drug-likeness (QED) is 0.526. The molecule has 0 radical (unpaired) electrons. The van der Waals surface area contributed by atoms with Crippen molar-refractivity contribution in [3.63, 3.8) is 0 Å². The Kier molecular flexibility index (Phi) is 7.39. The van der Waals surface area contributed by atoms with Crippen molar-refractivity contribution in [1.29, 1.82) is 0 Å². The predicted octanol–water partition coefficient (Wildman–Crippen LogP) is 3.67. The second-order valence-electron chi connectivity index (χ2n) is 5.79. The minimum absolute atomic E-state index is 0.0132. The van der Waals surface area contributed by atoms with Gasteiger partial charge in [-0.3, -0.25) is 9.59 Å². The molecule has 0 aliphatic carbocycles. The van der Waals surface area contributed by atoms with Crippen LogP contribution in [0.4, 0.5) is 0 Å². The second-order valence-corrected chi connectivity index (χ2v) is 5.79. The summed E-state index contributed by atoms with van der Waals surface area (Å²) in [5.74, 6) is 0.726. The first-order valence-electron chi connectivity index (χ1n) is 8.48. The molecule has 0 bridgehead atoms. The number of benzene rings is 2. The Balaban J connectivity index is 2.01. The molecule has 2 rings (SSSR count). The van der Waals surface area contributed by atoms with Gasteiger partial charge in [0.2, 0.25) is 0 Å². The maximum Gasteiger partial charge on any atom is 0.167 e. The number of aromatic hydroxyl groups is 1. The third-order valence-corrected chi connectivity index (χ3v) is 3.90. The molecule has 0 saturated carbocycles. The fourth-order valence-corrected chi connectivity index (χ4v) is 2.50. The Morgan fingerprint density at radius 2 is 1.57 bits per heavy atom. The summed E-state index contributed by atoms with van der Waals surface area (Å²) in [6.45, 7) is 0. The molecule has 0 aliphatic heterocycles. The molecule has 0 aliphatic rings. The van der Waals surface area contributed by atoms with E-state index in [0.29, 0.717) is 28.4 Å². The number of phenolic OH excluding ortho intramolecular Hbond substituents is 1. The summed E-state index contributed by atoms with van der Waals surface area (Å²) in [4.78, 5) is 24.1. The topological polar surface area (TPSA) is 82.1 Å². The summed E-state index contributed by atoms with van der Waals surface area (Å²) in [6.07, 6.45) is 5.56. The number of hydrogen-bond acceptors (Lipinski definition) is 6. The van der Waals surface area contributed by atoms with Crippen molar-refractivity contribution >= 4 is 23.7 Å². The number of allylic oxidation sites excluding steroid dienone is 2. The van der Waals surface area contributed by atoms with Gasteiger partial charge in [0.15, 0.2) is 34.6 Å². The standard InChI is InChI=1S/C22H22O6/c1-26-20-6-4-5-16(22(20)28-3)9-11-18(24)14-17(23)10-7-15-8-12-19(25)21(13-15)27-2/h4-13,25H,14H2,1-3H3. The minimum atomic E-state index is -0.334. The molecule has 146 valence electrons. The van der Waals surface area contributed by atoms with Crippen LogP contribution >= 0.6 is 0 Å². The SMILES string of the molecule is COc1cc(C=CC(=O)CC(=O)C=Cc2cccc(OC)c2OC)ccc1O. The average Bonchev–Trinajstić information content (AvgIpc) is 2.71. The Bertz CT molecular complexity index is 911. The minimum Gasteiger partial charge on any atom is -0.504 e. The summed E-state index contributed by atoms with van der Waals surface area (Å²) in [6, 6.07) is 10.0. The molecule has 6 nitrogen and oxygen atoms in total. The summed E-state index contributed by atoms with van der Waals surface area (Å²) < 4.78 is 15.5. The number of hydrogen-bond donors (Lipinski definition) is 1. The summed E-state index contributed by atoms with van der Waals surface area (Å²) >= 11 is 0. The van der Waals surface area contributed by atoms with Crippen molar-refractivity contribution in [2.24, 2.45) is 0 Å². The van der Waals surface area contributed by atoms with E-state index < -0.39 is 0 Å². The van der Waals surface area contributed by atoms with E-state index in [4.69, 9.17) is 14.2 Å². The highest BCUT2D eigenvalue weighted by molar-refractivity contribution is 6.11. The lowest BCUT2D eigenvalue weighted by Crippen LogP contribution is -2.02. The molecule has 0 spiro atoms. The van der Waals surface area contributed by atoms with Crippen LogP contribution in [0.15, 0.2) is 48.6 Å². The van der Waals surface area contributed by atoms with Gasteiger partial charge in [0.1, 0.15) is 0 Å². The van der Waals surface area contributed by atoms with Crippen LogP contribution in [0.2, 0.25) is 0 Å². The molecule has 2 aromatic carbocycles. The Labute approximate surface area is 163 Å². The maximum absolute atomic E-state index is 12.1. The number of rotatable bonds is 9. The van der Waals surface area contributed by atoms with E-state index in [0.717, 1.165) is 0 Å². The number of phenols is 1. The first kappa shape index (κ1) is 20.8. The van der Waals surface area contributed by atoms with Gasteiger partial charge < -0.3 is 19.3 Å². The van der Waals surface area contributed by atoms with E-state index in [2.05, 4.69) is 0 Å². The molecule has 0 saturated heterocycles. The molecular weight excluding hydrogens is 360 g/mol. The van der Waals surface area contributed by atoms with E-state index in [-0.39, 0.29) is 23.7 Å². The van der Waals surface area contributed by atoms with Crippen LogP contribution in [0.5, 0.6) is 23.0 Å². The zero-order valence-corrected chi connectivity index (χ0v) is 16.0. The van der Waals surface area contributed by atoms with Crippen LogP contribution in [-0.4, -0.2) is 38.0 Å². The van der Waals surface area contributed by atoms with E-state index >= 15 is 0 Å². The Morgan fingerprint density at radius 1 is 0.893 bits per heavy atom. The van der Waals surface area contributed by atoms with Crippen LogP contribution in [0, 0.1) is 0 Å². The Hall–Kier alpha value is -3.54. The molecule has 2 aromatic rings. The van der Waals surface area contributed by atoms with E-state index in [1.54, 1.807) is 42.5 Å². The molecular formula is C22H22O6. The lowest BCUT2D eigenvalue weighted by Gasteiger charge is -2.09. The van der Waals surface area contributed by atoms with Crippen molar-refractivity contribution in [2.45, 2.75) is 6.42 Å². The maximum atomic E-state index is 12.1. The third kappa shape index (κ3) is 5.48. The first-order chi connectivity index (χ1) is 13.5. The number of carbonyl (C=O) groups is 2. The molecule has 6 heteroatoms. The first-order valence-corrected chi connectivity index (χ1v) is 8.48. The molecule has 1 N–H and O–H groups in total. The van der Waals surface area contributed by atoms with Gasteiger partial charge in [-0.1, -0.05) is 24.3 Å². The van der Waals surface area contributed by atoms with Crippen molar-refractivity contribution in [3.8, 4) is 23.0 Å². The molecule has 0 atom stereocenters. The molecule has 0 fully saturated rings.